The summed E-state index contributed by atoms with van der Waals surface area (Å²) in [5.74, 6) is 0.0683. The van der Waals surface area contributed by atoms with E-state index in [1.165, 1.54) is 42.4 Å². The Morgan fingerprint density at radius 3 is 2.39 bits per heavy atom. The molecule has 0 aromatic heterocycles. The van der Waals surface area contributed by atoms with Gasteiger partial charge in [0.25, 0.3) is 0 Å². The molecule has 2 fully saturated rings. The molecule has 3 aromatic rings. The van der Waals surface area contributed by atoms with Crippen LogP contribution < -0.4 is 5.32 Å². The van der Waals surface area contributed by atoms with Crippen molar-refractivity contribution in [1.82, 2.24) is 20.0 Å². The zero-order valence-electron chi connectivity index (χ0n) is 24.7. The topological polar surface area (TPSA) is 38.8 Å². The van der Waals surface area contributed by atoms with Crippen LogP contribution >= 0.6 is 0 Å². The Bertz CT molecular complexity index is 1240. The van der Waals surface area contributed by atoms with Crippen molar-refractivity contribution in [2.45, 2.75) is 51.2 Å². The van der Waals surface area contributed by atoms with E-state index in [1.54, 1.807) is 6.08 Å². The van der Waals surface area contributed by atoms with Crippen LogP contribution in [-0.4, -0.2) is 73.0 Å². The fraction of sp³-hybridized carbons (Fsp3) is 0.417. The van der Waals surface area contributed by atoms with Crippen LogP contribution in [0.5, 0.6) is 0 Å². The molecule has 5 rings (SSSR count). The first-order valence-corrected chi connectivity index (χ1v) is 15.5. The van der Waals surface area contributed by atoms with Crippen LogP contribution in [0.1, 0.15) is 48.8 Å². The first-order valence-electron chi connectivity index (χ1n) is 15.5. The highest BCUT2D eigenvalue weighted by Gasteiger charge is 2.16. The molecule has 1 amide bonds. The maximum absolute atomic E-state index is 13.3. The van der Waals surface area contributed by atoms with Crippen molar-refractivity contribution in [3.63, 3.8) is 0 Å². The minimum absolute atomic E-state index is 0.0683. The van der Waals surface area contributed by atoms with Gasteiger partial charge in [-0.15, -0.1) is 0 Å². The maximum Gasteiger partial charge on any atom is 0.246 e. The molecular formula is C36H46N4O. The van der Waals surface area contributed by atoms with Crippen LogP contribution in [0.4, 0.5) is 0 Å². The molecule has 2 aliphatic rings. The van der Waals surface area contributed by atoms with Gasteiger partial charge in [0.05, 0.1) is 0 Å². The molecule has 216 valence electrons. The minimum atomic E-state index is 0.0683. The van der Waals surface area contributed by atoms with Crippen LogP contribution in [0.2, 0.25) is 0 Å². The van der Waals surface area contributed by atoms with E-state index >= 15 is 0 Å². The highest BCUT2D eigenvalue weighted by atomic mass is 16.2. The van der Waals surface area contributed by atoms with Crippen molar-refractivity contribution >= 4 is 12.0 Å². The molecule has 1 aliphatic carbocycles. The van der Waals surface area contributed by atoms with Crippen molar-refractivity contribution in [2.24, 2.45) is 0 Å². The van der Waals surface area contributed by atoms with Crippen molar-refractivity contribution in [2.75, 3.05) is 46.3 Å². The van der Waals surface area contributed by atoms with Gasteiger partial charge in [-0.05, 0) is 72.8 Å². The number of amides is 1. The van der Waals surface area contributed by atoms with Crippen LogP contribution in [0.15, 0.2) is 84.9 Å². The SMILES string of the molecule is CN1CCN(CCCN(Cc2ccc(-c3cccc(CNC4CCCC4)c3)cc2)C(=O)/C=C/c2ccccc2)CC1. The first kappa shape index (κ1) is 29.2. The Morgan fingerprint density at radius 2 is 1.63 bits per heavy atom. The average molecular weight is 551 g/mol. The maximum atomic E-state index is 13.3. The molecule has 0 bridgehead atoms. The monoisotopic (exact) mass is 550 g/mol. The van der Waals surface area contributed by atoms with Crippen molar-refractivity contribution in [1.29, 1.82) is 0 Å². The van der Waals surface area contributed by atoms with Gasteiger partial charge >= 0.3 is 0 Å². The molecule has 0 radical (unpaired) electrons. The van der Waals surface area contributed by atoms with Crippen LogP contribution in [0, 0.1) is 0 Å². The lowest BCUT2D eigenvalue weighted by atomic mass is 10.0. The molecule has 5 nitrogen and oxygen atoms in total. The smallest absolute Gasteiger partial charge is 0.246 e. The minimum Gasteiger partial charge on any atom is -0.335 e. The van der Waals surface area contributed by atoms with E-state index in [-0.39, 0.29) is 5.91 Å². The zero-order chi connectivity index (χ0) is 28.3. The first-order chi connectivity index (χ1) is 20.1. The molecule has 1 N–H and O–H groups in total. The fourth-order valence-corrected chi connectivity index (χ4v) is 5.94. The van der Waals surface area contributed by atoms with E-state index in [9.17, 15) is 4.79 Å². The second-order valence-corrected chi connectivity index (χ2v) is 11.8. The van der Waals surface area contributed by atoms with Gasteiger partial charge < -0.3 is 20.0 Å². The second kappa shape index (κ2) is 15.1. The summed E-state index contributed by atoms with van der Waals surface area (Å²) in [6, 6.07) is 28.4. The number of likely N-dealkylation sites (N-methyl/N-ethyl adjacent to an activating group) is 1. The number of nitrogens with zero attached hydrogens (tertiary/aromatic N) is 3. The number of nitrogens with one attached hydrogen (secondary N) is 1. The summed E-state index contributed by atoms with van der Waals surface area (Å²) in [5, 5.41) is 3.73. The molecule has 1 aliphatic heterocycles. The Labute approximate surface area is 246 Å². The van der Waals surface area contributed by atoms with Crippen molar-refractivity contribution in [3.05, 3.63) is 102 Å². The second-order valence-electron chi connectivity index (χ2n) is 11.8. The fourth-order valence-electron chi connectivity index (χ4n) is 5.94. The average Bonchev–Trinajstić information content (AvgIpc) is 3.54. The molecular weight excluding hydrogens is 504 g/mol. The van der Waals surface area contributed by atoms with Gasteiger partial charge in [0.1, 0.15) is 0 Å². The Balaban J connectivity index is 1.21. The Kier molecular flexibility index (Phi) is 10.8. The predicted octanol–water partition coefficient (Wildman–Crippen LogP) is 6.07. The Morgan fingerprint density at radius 1 is 0.878 bits per heavy atom. The molecule has 0 atom stereocenters. The molecule has 1 saturated carbocycles. The zero-order valence-corrected chi connectivity index (χ0v) is 24.7. The molecule has 3 aromatic carbocycles. The summed E-state index contributed by atoms with van der Waals surface area (Å²) < 4.78 is 0. The van der Waals surface area contributed by atoms with Crippen LogP contribution in [-0.2, 0) is 17.9 Å². The van der Waals surface area contributed by atoms with Gasteiger partial charge in [-0.25, -0.2) is 0 Å². The summed E-state index contributed by atoms with van der Waals surface area (Å²) in [7, 11) is 2.19. The standard InChI is InChI=1S/C36H46N4O/c1-38-23-25-39(26-24-38)21-8-22-40(36(41)20-17-30-9-3-2-4-10-30)29-31-15-18-33(19-16-31)34-12-7-11-32(27-34)28-37-35-13-5-6-14-35/h2-4,7,9-12,15-20,27,35,37H,5-6,8,13-14,21-26,28-29H2,1H3/b20-17+. The van der Waals surface area contributed by atoms with Gasteiger partial charge in [0.2, 0.25) is 5.91 Å². The number of rotatable bonds is 12. The van der Waals surface area contributed by atoms with Crippen molar-refractivity contribution in [3.8, 4) is 11.1 Å². The highest BCUT2D eigenvalue weighted by Crippen LogP contribution is 2.23. The number of hydrogen-bond acceptors (Lipinski definition) is 4. The molecule has 5 heteroatoms. The van der Waals surface area contributed by atoms with E-state index in [1.807, 2.05) is 41.3 Å². The molecule has 0 unspecified atom stereocenters. The van der Waals surface area contributed by atoms with Gasteiger partial charge in [0, 0.05) is 57.9 Å². The van der Waals surface area contributed by atoms with E-state index in [2.05, 4.69) is 70.7 Å². The number of piperazine rings is 1. The number of hydrogen-bond donors (Lipinski definition) is 1. The number of benzene rings is 3. The van der Waals surface area contributed by atoms with E-state index in [0.29, 0.717) is 12.6 Å². The lowest BCUT2D eigenvalue weighted by Crippen LogP contribution is -2.45. The summed E-state index contributed by atoms with van der Waals surface area (Å²) in [6.45, 7) is 7.79. The molecule has 0 spiro atoms. The number of carbonyl (C=O) groups is 1. The Hall–Kier alpha value is -3.25. The highest BCUT2D eigenvalue weighted by molar-refractivity contribution is 5.91. The van der Waals surface area contributed by atoms with Gasteiger partial charge in [-0.1, -0.05) is 85.6 Å². The lowest BCUT2D eigenvalue weighted by Gasteiger charge is -2.33. The summed E-state index contributed by atoms with van der Waals surface area (Å²) in [6.07, 6.45) is 9.95. The van der Waals surface area contributed by atoms with E-state index in [0.717, 1.165) is 63.4 Å². The normalized spacial score (nSPS) is 16.9. The quantitative estimate of drug-likeness (QED) is 0.278. The van der Waals surface area contributed by atoms with Crippen LogP contribution in [0.25, 0.3) is 17.2 Å². The summed E-state index contributed by atoms with van der Waals surface area (Å²) in [4.78, 5) is 20.2. The summed E-state index contributed by atoms with van der Waals surface area (Å²) in [5.41, 5.74) is 6.00. The molecule has 1 saturated heterocycles. The van der Waals surface area contributed by atoms with Gasteiger partial charge in [-0.3, -0.25) is 4.79 Å². The third-order valence-electron chi connectivity index (χ3n) is 8.57. The molecule has 1 heterocycles. The summed E-state index contributed by atoms with van der Waals surface area (Å²) >= 11 is 0. The van der Waals surface area contributed by atoms with E-state index in [4.69, 9.17) is 0 Å². The van der Waals surface area contributed by atoms with Crippen LogP contribution in [0.3, 0.4) is 0 Å². The van der Waals surface area contributed by atoms with Crippen molar-refractivity contribution < 1.29 is 4.79 Å². The predicted molar refractivity (Wildman–Crippen MR) is 170 cm³/mol. The third kappa shape index (κ3) is 9.12. The number of carbonyl (C=O) groups excluding carboxylic acids is 1. The molecule has 41 heavy (non-hydrogen) atoms. The van der Waals surface area contributed by atoms with E-state index < -0.39 is 0 Å². The third-order valence-corrected chi connectivity index (χ3v) is 8.57. The van der Waals surface area contributed by atoms with Gasteiger partial charge in [-0.2, -0.15) is 0 Å². The van der Waals surface area contributed by atoms with Gasteiger partial charge in [0.15, 0.2) is 0 Å². The largest absolute Gasteiger partial charge is 0.335 e. The lowest BCUT2D eigenvalue weighted by molar-refractivity contribution is -0.126.